The summed E-state index contributed by atoms with van der Waals surface area (Å²) in [6.45, 7) is 5.04. The highest BCUT2D eigenvalue weighted by Gasteiger charge is 2.25. The van der Waals surface area contributed by atoms with Gasteiger partial charge in [0.15, 0.2) is 10.8 Å². The first-order valence-corrected chi connectivity index (χ1v) is 12.0. The Hall–Kier alpha value is -1.67. The molecule has 1 saturated heterocycles. The van der Waals surface area contributed by atoms with Gasteiger partial charge in [0.25, 0.3) is 0 Å². The summed E-state index contributed by atoms with van der Waals surface area (Å²) in [5.41, 5.74) is 2.33. The molecule has 3 aromatic heterocycles. The van der Waals surface area contributed by atoms with Crippen LogP contribution in [0.4, 0.5) is 0 Å². The van der Waals surface area contributed by atoms with E-state index in [9.17, 15) is 4.79 Å². The Bertz CT molecular complexity index is 1060. The zero-order chi connectivity index (χ0) is 19.3. The monoisotopic (exact) mass is 415 g/mol. The van der Waals surface area contributed by atoms with E-state index in [0.717, 1.165) is 53.7 Å². The molecule has 0 bridgehead atoms. The lowest BCUT2D eigenvalue weighted by Gasteiger charge is -2.33. The molecule has 0 spiro atoms. The highest BCUT2D eigenvalue weighted by Crippen LogP contribution is 2.38. The maximum Gasteiger partial charge on any atom is 0.233 e. The fraction of sp³-hybridized carbons (Fsp3) is 0.600. The number of nitrogens with zero attached hydrogens (tertiary/aromatic N) is 5. The second kappa shape index (κ2) is 7.30. The van der Waals surface area contributed by atoms with Crippen LogP contribution in [-0.2, 0) is 17.6 Å². The van der Waals surface area contributed by atoms with Gasteiger partial charge in [-0.15, -0.1) is 21.5 Å². The number of amides is 1. The number of piperidine rings is 1. The van der Waals surface area contributed by atoms with Gasteiger partial charge in [0.2, 0.25) is 5.91 Å². The van der Waals surface area contributed by atoms with Crippen LogP contribution in [0.5, 0.6) is 0 Å². The summed E-state index contributed by atoms with van der Waals surface area (Å²) in [4.78, 5) is 22.2. The van der Waals surface area contributed by atoms with Crippen LogP contribution in [0, 0.1) is 6.92 Å². The minimum absolute atomic E-state index is 0.202. The summed E-state index contributed by atoms with van der Waals surface area (Å²) < 4.78 is 2.04. The molecule has 1 fully saturated rings. The van der Waals surface area contributed by atoms with Crippen LogP contribution >= 0.6 is 23.1 Å². The second-order valence-corrected chi connectivity index (χ2v) is 9.94. The number of carbonyl (C=O) groups is 1. The Labute approximate surface area is 172 Å². The van der Waals surface area contributed by atoms with E-state index >= 15 is 0 Å². The van der Waals surface area contributed by atoms with Crippen molar-refractivity contribution < 1.29 is 4.79 Å². The third kappa shape index (κ3) is 3.01. The summed E-state index contributed by atoms with van der Waals surface area (Å²) in [6, 6.07) is 0.345. The van der Waals surface area contributed by atoms with E-state index in [4.69, 9.17) is 4.98 Å². The quantitative estimate of drug-likeness (QED) is 0.605. The third-order valence-corrected chi connectivity index (χ3v) is 8.14. The molecule has 3 aromatic rings. The molecular formula is C20H25N5OS2. The van der Waals surface area contributed by atoms with Gasteiger partial charge in [-0.25, -0.2) is 4.98 Å². The minimum Gasteiger partial charge on any atom is -0.339 e. The van der Waals surface area contributed by atoms with Gasteiger partial charge in [0.1, 0.15) is 10.7 Å². The Balaban J connectivity index is 1.46. The Morgan fingerprint density at radius 2 is 2.07 bits per heavy atom. The first kappa shape index (κ1) is 18.4. The van der Waals surface area contributed by atoms with Crippen LogP contribution < -0.4 is 0 Å². The number of carbonyl (C=O) groups excluding carboxylic acids is 1. The topological polar surface area (TPSA) is 63.4 Å². The molecule has 4 heterocycles. The molecule has 2 aliphatic rings. The molecule has 1 atom stereocenters. The number of fused-ring (bicyclic) bond motifs is 5. The van der Waals surface area contributed by atoms with Gasteiger partial charge in [0, 0.05) is 17.5 Å². The zero-order valence-electron chi connectivity index (χ0n) is 16.4. The van der Waals surface area contributed by atoms with Crippen LogP contribution in [-0.4, -0.2) is 48.7 Å². The maximum absolute atomic E-state index is 12.7. The molecule has 0 N–H and O–H groups in total. The number of thiophene rings is 1. The van der Waals surface area contributed by atoms with Crippen molar-refractivity contribution in [3.05, 3.63) is 16.3 Å². The Morgan fingerprint density at radius 1 is 1.21 bits per heavy atom. The first-order valence-electron chi connectivity index (χ1n) is 10.2. The average molecular weight is 416 g/mol. The number of hydrogen-bond acceptors (Lipinski definition) is 6. The summed E-state index contributed by atoms with van der Waals surface area (Å²) in [6.07, 6.45) is 8.19. The lowest BCUT2D eigenvalue weighted by molar-refractivity contribution is -0.131. The summed E-state index contributed by atoms with van der Waals surface area (Å²) in [5, 5.41) is 10.9. The van der Waals surface area contributed by atoms with Crippen molar-refractivity contribution in [1.82, 2.24) is 24.5 Å². The van der Waals surface area contributed by atoms with Gasteiger partial charge < -0.3 is 4.90 Å². The number of rotatable bonds is 3. The van der Waals surface area contributed by atoms with Gasteiger partial charge in [-0.2, -0.15) is 0 Å². The van der Waals surface area contributed by atoms with Crippen LogP contribution in [0.1, 0.15) is 55.3 Å². The van der Waals surface area contributed by atoms with Crippen molar-refractivity contribution in [2.45, 2.75) is 70.0 Å². The van der Waals surface area contributed by atoms with Crippen LogP contribution in [0.3, 0.4) is 0 Å². The van der Waals surface area contributed by atoms with Gasteiger partial charge >= 0.3 is 0 Å². The molecule has 0 aromatic carbocycles. The molecule has 0 unspecified atom stereocenters. The molecular weight excluding hydrogens is 390 g/mol. The predicted molar refractivity (Wildman–Crippen MR) is 113 cm³/mol. The lowest BCUT2D eigenvalue weighted by atomic mass is 9.97. The van der Waals surface area contributed by atoms with Crippen molar-refractivity contribution >= 4 is 44.9 Å². The first-order chi connectivity index (χ1) is 13.6. The predicted octanol–water partition coefficient (Wildman–Crippen LogP) is 4.02. The molecule has 0 saturated carbocycles. The van der Waals surface area contributed by atoms with Crippen molar-refractivity contribution in [3.63, 3.8) is 0 Å². The summed E-state index contributed by atoms with van der Waals surface area (Å²) in [7, 11) is 0. The smallest absolute Gasteiger partial charge is 0.233 e. The number of thioether (sulfide) groups is 1. The van der Waals surface area contributed by atoms with Crippen molar-refractivity contribution in [3.8, 4) is 0 Å². The average Bonchev–Trinajstić information content (AvgIpc) is 3.27. The van der Waals surface area contributed by atoms with E-state index in [1.54, 1.807) is 0 Å². The molecule has 148 valence electrons. The van der Waals surface area contributed by atoms with E-state index < -0.39 is 0 Å². The molecule has 28 heavy (non-hydrogen) atoms. The molecule has 1 aliphatic carbocycles. The highest BCUT2D eigenvalue weighted by atomic mass is 32.2. The van der Waals surface area contributed by atoms with E-state index in [0.29, 0.717) is 11.8 Å². The van der Waals surface area contributed by atoms with Gasteiger partial charge in [0.05, 0.1) is 11.1 Å². The van der Waals surface area contributed by atoms with Gasteiger partial charge in [-0.1, -0.05) is 11.8 Å². The van der Waals surface area contributed by atoms with Crippen molar-refractivity contribution in [2.75, 3.05) is 12.3 Å². The standard InChI is InChI=1S/C20H25N5OS2/c1-12-7-5-6-10-24(12)16(26)11-27-20-23-22-18-17-14-8-3-4-9-15(14)28-19(17)21-13(2)25(18)20/h12H,3-11H2,1-2H3/t12-/m0/s1. The number of aromatic nitrogens is 4. The van der Waals surface area contributed by atoms with Crippen LogP contribution in [0.25, 0.3) is 15.9 Å². The molecule has 0 radical (unpaired) electrons. The Kier molecular flexibility index (Phi) is 4.79. The maximum atomic E-state index is 12.7. The largest absolute Gasteiger partial charge is 0.339 e. The normalized spacial score (nSPS) is 20.1. The van der Waals surface area contributed by atoms with Gasteiger partial charge in [-0.05, 0) is 64.4 Å². The van der Waals surface area contributed by atoms with Gasteiger partial charge in [-0.3, -0.25) is 9.20 Å². The third-order valence-electron chi connectivity index (χ3n) is 6.04. The lowest BCUT2D eigenvalue weighted by Crippen LogP contribution is -2.42. The van der Waals surface area contributed by atoms with Crippen LogP contribution in [0.2, 0.25) is 0 Å². The molecule has 1 amide bonds. The number of hydrogen-bond donors (Lipinski definition) is 0. The van der Waals surface area contributed by atoms with E-state index in [-0.39, 0.29) is 5.91 Å². The number of likely N-dealkylation sites (tertiary alicyclic amines) is 1. The zero-order valence-corrected chi connectivity index (χ0v) is 18.0. The van der Waals surface area contributed by atoms with Crippen molar-refractivity contribution in [2.24, 2.45) is 0 Å². The molecule has 5 rings (SSSR count). The fourth-order valence-corrected chi connectivity index (χ4v) is 6.72. The molecule has 1 aliphatic heterocycles. The van der Waals surface area contributed by atoms with E-state index in [2.05, 4.69) is 17.1 Å². The second-order valence-electron chi connectivity index (χ2n) is 7.91. The van der Waals surface area contributed by atoms with E-state index in [1.165, 1.54) is 46.9 Å². The van der Waals surface area contributed by atoms with E-state index in [1.807, 2.05) is 27.6 Å². The highest BCUT2D eigenvalue weighted by molar-refractivity contribution is 7.99. The summed E-state index contributed by atoms with van der Waals surface area (Å²) in [5.74, 6) is 1.51. The van der Waals surface area contributed by atoms with Crippen molar-refractivity contribution in [1.29, 1.82) is 0 Å². The molecule has 8 heteroatoms. The van der Waals surface area contributed by atoms with Crippen LogP contribution in [0.15, 0.2) is 5.16 Å². The number of aryl methyl sites for hydroxylation is 3. The fourth-order valence-electron chi connectivity index (χ4n) is 4.55. The SMILES string of the molecule is Cc1nc2sc3c(c2c2nnc(SCC(=O)N4CCCC[C@@H]4C)n12)CCCC3. The summed E-state index contributed by atoms with van der Waals surface area (Å²) >= 11 is 3.30. The minimum atomic E-state index is 0.202. The molecule has 6 nitrogen and oxygen atoms in total. The Morgan fingerprint density at radius 3 is 2.93 bits per heavy atom.